The molecule has 6 heteroatoms. The van der Waals surface area contributed by atoms with Crippen LogP contribution in [-0.2, 0) is 14.3 Å². The van der Waals surface area contributed by atoms with Gasteiger partial charge >= 0.3 is 5.97 Å². The van der Waals surface area contributed by atoms with Crippen molar-refractivity contribution >= 4 is 11.9 Å². The molecule has 0 aromatic heterocycles. The first kappa shape index (κ1) is 59.3. The van der Waals surface area contributed by atoms with Crippen LogP contribution in [0.4, 0.5) is 0 Å². The van der Waals surface area contributed by atoms with Gasteiger partial charge in [0.05, 0.1) is 25.2 Å². The van der Waals surface area contributed by atoms with Gasteiger partial charge in [-0.1, -0.05) is 251 Å². The number of hydrogen-bond acceptors (Lipinski definition) is 5. The van der Waals surface area contributed by atoms with E-state index in [-0.39, 0.29) is 24.9 Å². The van der Waals surface area contributed by atoms with Crippen LogP contribution >= 0.6 is 0 Å². The second-order valence-corrected chi connectivity index (χ2v) is 18.7. The van der Waals surface area contributed by atoms with E-state index in [4.69, 9.17) is 4.74 Å². The Bertz CT molecular complexity index is 966. The summed E-state index contributed by atoms with van der Waals surface area (Å²) < 4.78 is 5.94. The van der Waals surface area contributed by atoms with Crippen LogP contribution in [0.25, 0.3) is 0 Å². The van der Waals surface area contributed by atoms with Crippen molar-refractivity contribution in [2.45, 2.75) is 309 Å². The van der Waals surface area contributed by atoms with Gasteiger partial charge < -0.3 is 20.3 Å². The van der Waals surface area contributed by atoms with Gasteiger partial charge in [0.2, 0.25) is 5.91 Å². The Morgan fingerprint density at radius 3 is 1.25 bits per heavy atom. The smallest absolute Gasteiger partial charge is 0.306 e. The second kappa shape index (κ2) is 49.4. The number of ether oxygens (including phenoxy) is 1. The SMILES string of the molecule is CCCCC/C=C/C=C/CCCCCCCCC(=O)OC(CCCCCCCCCCCCCCC)CC(=O)NC(CO)C(O)CCCCCCCCCCCCCCCC. The number of nitrogens with one attached hydrogen (secondary N) is 1. The summed E-state index contributed by atoms with van der Waals surface area (Å²) in [6.07, 6.45) is 56.6. The highest BCUT2D eigenvalue weighted by Crippen LogP contribution is 2.18. The molecule has 1 amide bonds. The van der Waals surface area contributed by atoms with Crippen molar-refractivity contribution in [2.24, 2.45) is 0 Å². The third-order valence-electron chi connectivity index (χ3n) is 12.6. The normalized spacial score (nSPS) is 13.3. The summed E-state index contributed by atoms with van der Waals surface area (Å²) in [5.41, 5.74) is 0. The first-order valence-corrected chi connectivity index (χ1v) is 27.1. The molecule has 0 spiro atoms. The molecule has 3 N–H and O–H groups in total. The fourth-order valence-electron chi connectivity index (χ4n) is 8.42. The Hall–Kier alpha value is -1.66. The molecule has 0 aromatic rings. The van der Waals surface area contributed by atoms with E-state index in [2.05, 4.69) is 50.4 Å². The number of allylic oxidation sites excluding steroid dienone is 4. The number of carbonyl (C=O) groups excluding carboxylic acids is 2. The largest absolute Gasteiger partial charge is 0.462 e. The monoisotopic (exact) mass is 860 g/mol. The average Bonchev–Trinajstić information content (AvgIpc) is 3.25. The number of rotatable bonds is 49. The first-order valence-electron chi connectivity index (χ1n) is 27.1. The van der Waals surface area contributed by atoms with Gasteiger partial charge in [-0.2, -0.15) is 0 Å². The van der Waals surface area contributed by atoms with E-state index in [1.807, 2.05) is 0 Å². The van der Waals surface area contributed by atoms with Crippen LogP contribution in [-0.4, -0.2) is 46.9 Å². The van der Waals surface area contributed by atoms with Gasteiger partial charge in [-0.15, -0.1) is 0 Å². The maximum Gasteiger partial charge on any atom is 0.306 e. The Labute approximate surface area is 380 Å². The van der Waals surface area contributed by atoms with Crippen molar-refractivity contribution in [1.82, 2.24) is 5.32 Å². The fraction of sp³-hybridized carbons (Fsp3) is 0.891. The summed E-state index contributed by atoms with van der Waals surface area (Å²) in [7, 11) is 0. The lowest BCUT2D eigenvalue weighted by atomic mass is 10.0. The molecule has 0 aliphatic rings. The summed E-state index contributed by atoms with van der Waals surface area (Å²) in [6, 6.07) is -0.699. The Morgan fingerprint density at radius 1 is 0.475 bits per heavy atom. The van der Waals surface area contributed by atoms with Crippen LogP contribution in [0.1, 0.15) is 290 Å². The van der Waals surface area contributed by atoms with Crippen LogP contribution in [0.5, 0.6) is 0 Å². The van der Waals surface area contributed by atoms with Crippen molar-refractivity contribution in [3.63, 3.8) is 0 Å². The standard InChI is InChI=1S/C55H105NO5/c1-4-7-10-13-16-19-22-25-27-30-33-36-39-42-45-48-55(60)61-51(46-43-40-37-34-31-28-24-21-18-15-12-9-6-3)49-54(59)56-52(50-57)53(58)47-44-41-38-35-32-29-26-23-20-17-14-11-8-5-2/h16,19,22,25,51-53,57-58H,4-15,17-18,20-21,23-24,26-50H2,1-3H3,(H,56,59)/b19-16+,25-22+. The first-order chi connectivity index (χ1) is 30.0. The van der Waals surface area contributed by atoms with Crippen molar-refractivity contribution in [2.75, 3.05) is 6.61 Å². The highest BCUT2D eigenvalue weighted by Gasteiger charge is 2.24. The van der Waals surface area contributed by atoms with E-state index in [0.717, 1.165) is 51.4 Å². The zero-order valence-electron chi connectivity index (χ0n) is 41.1. The number of amides is 1. The Balaban J connectivity index is 4.54. The summed E-state index contributed by atoms with van der Waals surface area (Å²) in [5.74, 6) is -0.471. The van der Waals surface area contributed by atoms with Crippen LogP contribution in [0.3, 0.4) is 0 Å². The van der Waals surface area contributed by atoms with Gasteiger partial charge in [-0.25, -0.2) is 0 Å². The molecule has 0 aromatic carbocycles. The van der Waals surface area contributed by atoms with E-state index in [0.29, 0.717) is 19.3 Å². The number of hydrogen-bond donors (Lipinski definition) is 3. The number of carbonyl (C=O) groups is 2. The molecule has 0 saturated heterocycles. The van der Waals surface area contributed by atoms with E-state index in [1.165, 1.54) is 193 Å². The van der Waals surface area contributed by atoms with Gasteiger partial charge in [0, 0.05) is 6.42 Å². The molecule has 6 nitrogen and oxygen atoms in total. The Morgan fingerprint density at radius 2 is 0.820 bits per heavy atom. The average molecular weight is 860 g/mol. The summed E-state index contributed by atoms with van der Waals surface area (Å²) in [4.78, 5) is 26.2. The molecule has 3 atom stereocenters. The van der Waals surface area contributed by atoms with E-state index in [1.54, 1.807) is 0 Å². The fourth-order valence-corrected chi connectivity index (χ4v) is 8.42. The maximum absolute atomic E-state index is 13.2. The minimum absolute atomic E-state index is 0.0785. The van der Waals surface area contributed by atoms with Crippen LogP contribution in [0.2, 0.25) is 0 Å². The maximum atomic E-state index is 13.2. The quantitative estimate of drug-likeness (QED) is 0.0322. The van der Waals surface area contributed by atoms with Crippen LogP contribution in [0.15, 0.2) is 24.3 Å². The molecule has 0 heterocycles. The van der Waals surface area contributed by atoms with Gasteiger partial charge in [-0.3, -0.25) is 9.59 Å². The molecule has 0 radical (unpaired) electrons. The van der Waals surface area contributed by atoms with E-state index < -0.39 is 18.2 Å². The third kappa shape index (κ3) is 44.7. The molecule has 3 unspecified atom stereocenters. The number of aliphatic hydroxyl groups is 2. The van der Waals surface area contributed by atoms with Gasteiger partial charge in [0.25, 0.3) is 0 Å². The second-order valence-electron chi connectivity index (χ2n) is 18.7. The Kier molecular flexibility index (Phi) is 48.0. The number of unbranched alkanes of at least 4 members (excludes halogenated alkanes) is 34. The molecule has 0 aliphatic carbocycles. The molecule has 360 valence electrons. The lowest BCUT2D eigenvalue weighted by molar-refractivity contribution is -0.151. The summed E-state index contributed by atoms with van der Waals surface area (Å²) >= 11 is 0. The van der Waals surface area contributed by atoms with Crippen LogP contribution in [0, 0.1) is 0 Å². The zero-order chi connectivity index (χ0) is 44.5. The van der Waals surface area contributed by atoms with Crippen molar-refractivity contribution in [3.05, 3.63) is 24.3 Å². The van der Waals surface area contributed by atoms with Crippen molar-refractivity contribution in [1.29, 1.82) is 0 Å². The summed E-state index contributed by atoms with van der Waals surface area (Å²) in [5, 5.41) is 23.8. The molecule has 0 rings (SSSR count). The predicted octanol–water partition coefficient (Wildman–Crippen LogP) is 16.3. The molecule has 0 bridgehead atoms. The van der Waals surface area contributed by atoms with Gasteiger partial charge in [-0.05, 0) is 51.4 Å². The minimum Gasteiger partial charge on any atom is -0.462 e. The highest BCUT2D eigenvalue weighted by atomic mass is 16.5. The molecule has 61 heavy (non-hydrogen) atoms. The molecular weight excluding hydrogens is 755 g/mol. The van der Waals surface area contributed by atoms with E-state index in [9.17, 15) is 19.8 Å². The zero-order valence-corrected chi connectivity index (χ0v) is 41.1. The molecule has 0 aliphatic heterocycles. The number of esters is 1. The predicted molar refractivity (Wildman–Crippen MR) is 264 cm³/mol. The lowest BCUT2D eigenvalue weighted by Crippen LogP contribution is -2.46. The van der Waals surface area contributed by atoms with Gasteiger partial charge in [0.1, 0.15) is 6.10 Å². The lowest BCUT2D eigenvalue weighted by Gasteiger charge is -2.24. The molecule has 0 saturated carbocycles. The topological polar surface area (TPSA) is 95.9 Å². The van der Waals surface area contributed by atoms with Crippen molar-refractivity contribution in [3.8, 4) is 0 Å². The highest BCUT2D eigenvalue weighted by molar-refractivity contribution is 5.77. The summed E-state index contributed by atoms with van der Waals surface area (Å²) in [6.45, 7) is 6.48. The van der Waals surface area contributed by atoms with E-state index >= 15 is 0 Å². The molecular formula is C55H105NO5. The molecule has 0 fully saturated rings. The van der Waals surface area contributed by atoms with Crippen molar-refractivity contribution < 1.29 is 24.5 Å². The number of aliphatic hydroxyl groups excluding tert-OH is 2. The third-order valence-corrected chi connectivity index (χ3v) is 12.6. The van der Waals surface area contributed by atoms with Crippen LogP contribution < -0.4 is 5.32 Å². The minimum atomic E-state index is -0.785. The van der Waals surface area contributed by atoms with Gasteiger partial charge in [0.15, 0.2) is 0 Å².